The number of hydrogen-bond donors (Lipinski definition) is 0. The van der Waals surface area contributed by atoms with Crippen molar-refractivity contribution in [3.63, 3.8) is 0 Å². The zero-order valence-corrected chi connectivity index (χ0v) is 14.6. The maximum Gasteiger partial charge on any atom is 0.0569 e. The molecule has 0 nitrogen and oxygen atoms in total. The lowest BCUT2D eigenvalue weighted by Gasteiger charge is -2.54. The van der Waals surface area contributed by atoms with Gasteiger partial charge in [-0.15, -0.1) is 0 Å². The van der Waals surface area contributed by atoms with E-state index in [1.807, 2.05) is 0 Å². The van der Waals surface area contributed by atoms with Crippen molar-refractivity contribution in [3.05, 3.63) is 0 Å². The quantitative estimate of drug-likeness (QED) is 0.498. The first-order valence-electron chi connectivity index (χ1n) is 6.62. The van der Waals surface area contributed by atoms with Crippen LogP contribution in [0.4, 0.5) is 0 Å². The van der Waals surface area contributed by atoms with E-state index in [9.17, 15) is 0 Å². The Morgan fingerprint density at radius 3 is 0.938 bits per heavy atom. The Kier molecular flexibility index (Phi) is 4.21. The van der Waals surface area contributed by atoms with E-state index < -0.39 is 8.07 Å². The smallest absolute Gasteiger partial charge is 0.0569 e. The summed E-state index contributed by atoms with van der Waals surface area (Å²) in [6.45, 7) is 27.0. The fourth-order valence-electron chi connectivity index (χ4n) is 3.90. The molecule has 0 spiro atoms. The van der Waals surface area contributed by atoms with Gasteiger partial charge in [-0.3, -0.25) is 0 Å². The summed E-state index contributed by atoms with van der Waals surface area (Å²) in [6.07, 6.45) is 0. The Balaban J connectivity index is 5.57. The van der Waals surface area contributed by atoms with Crippen LogP contribution in [0.3, 0.4) is 0 Å². The average Bonchev–Trinajstić information content (AvgIpc) is 1.72. The van der Waals surface area contributed by atoms with E-state index in [1.54, 1.807) is 0 Å². The average molecular weight is 243 g/mol. The first kappa shape index (κ1) is 16.2. The van der Waals surface area contributed by atoms with Crippen LogP contribution in [0.1, 0.15) is 62.3 Å². The number of hydrogen-bond acceptors (Lipinski definition) is 0. The molecule has 0 heterocycles. The van der Waals surface area contributed by atoms with Crippen molar-refractivity contribution in [2.75, 3.05) is 0 Å². The third kappa shape index (κ3) is 3.35. The zero-order chi connectivity index (χ0) is 13.6. The summed E-state index contributed by atoms with van der Waals surface area (Å²) >= 11 is 0. The van der Waals surface area contributed by atoms with Crippen LogP contribution in [0, 0.1) is 10.8 Å². The molecule has 0 radical (unpaired) electrons. The van der Waals surface area contributed by atoms with Crippen LogP contribution in [0.5, 0.6) is 0 Å². The molecule has 0 aliphatic carbocycles. The minimum Gasteiger partial charge on any atom is -0.0687 e. The predicted molar refractivity (Wildman–Crippen MR) is 79.9 cm³/mol. The second kappa shape index (κ2) is 4.15. The second-order valence-electron chi connectivity index (χ2n) is 9.14. The van der Waals surface area contributed by atoms with Crippen molar-refractivity contribution in [2.24, 2.45) is 10.8 Å². The highest BCUT2D eigenvalue weighted by Crippen LogP contribution is 2.57. The van der Waals surface area contributed by atoms with Gasteiger partial charge in [-0.05, 0) is 21.4 Å². The Morgan fingerprint density at radius 1 is 0.625 bits per heavy atom. The molecule has 0 aromatic rings. The summed E-state index contributed by atoms with van der Waals surface area (Å²) in [5.41, 5.74) is 1.63. The maximum atomic E-state index is 2.58. The van der Waals surface area contributed by atoms with Crippen molar-refractivity contribution >= 4 is 8.07 Å². The van der Waals surface area contributed by atoms with Crippen molar-refractivity contribution in [1.29, 1.82) is 0 Å². The van der Waals surface area contributed by atoms with Crippen LogP contribution in [0.15, 0.2) is 0 Å². The van der Waals surface area contributed by atoms with Gasteiger partial charge < -0.3 is 0 Å². The van der Waals surface area contributed by atoms with Crippen LogP contribution in [-0.4, -0.2) is 8.07 Å². The van der Waals surface area contributed by atoms with Crippen LogP contribution in [0.25, 0.3) is 0 Å². The molecule has 0 N–H and O–H groups in total. The molecule has 0 aromatic heterocycles. The topological polar surface area (TPSA) is 0 Å². The molecule has 16 heavy (non-hydrogen) atoms. The molecule has 98 valence electrons. The van der Waals surface area contributed by atoms with E-state index in [0.29, 0.717) is 15.9 Å². The third-order valence-corrected chi connectivity index (χ3v) is 11.4. The molecule has 0 atom stereocenters. The second-order valence-corrected chi connectivity index (χ2v) is 14.7. The normalized spacial score (nSPS) is 15.8. The zero-order valence-electron chi connectivity index (χ0n) is 13.6. The van der Waals surface area contributed by atoms with E-state index in [1.165, 1.54) is 0 Å². The summed E-state index contributed by atoms with van der Waals surface area (Å²) in [6, 6.07) is 0. The largest absolute Gasteiger partial charge is 0.0687 e. The Hall–Kier alpha value is 0.217. The standard InChI is InChI=1S/C15H34Si/c1-13(2,3)12(14(4,5)6)16(10,11)15(7,8)9/h12H,1-11H3. The third-order valence-electron chi connectivity index (χ3n) is 4.39. The van der Waals surface area contributed by atoms with Gasteiger partial charge in [0.15, 0.2) is 0 Å². The SMILES string of the molecule is CC(C)(C)C(C(C)(C)C)[Si](C)(C)C(C)(C)C. The van der Waals surface area contributed by atoms with Gasteiger partial charge >= 0.3 is 0 Å². The molecule has 0 fully saturated rings. The van der Waals surface area contributed by atoms with E-state index >= 15 is 0 Å². The Labute approximate surface area is 105 Å². The predicted octanol–water partition coefficient (Wildman–Crippen LogP) is 5.96. The first-order chi connectivity index (χ1) is 6.62. The first-order valence-corrected chi connectivity index (χ1v) is 9.69. The van der Waals surface area contributed by atoms with Crippen molar-refractivity contribution in [2.45, 2.75) is 86.0 Å². The van der Waals surface area contributed by atoms with Gasteiger partial charge in [0.1, 0.15) is 0 Å². The molecule has 0 bridgehead atoms. The fourth-order valence-corrected chi connectivity index (χ4v) is 9.09. The molecular formula is C15H34Si. The lowest BCUT2D eigenvalue weighted by Crippen LogP contribution is -2.51. The van der Waals surface area contributed by atoms with E-state index in [2.05, 4.69) is 75.4 Å². The molecule has 0 unspecified atom stereocenters. The highest BCUT2D eigenvalue weighted by Gasteiger charge is 2.51. The minimum atomic E-state index is -1.31. The van der Waals surface area contributed by atoms with Gasteiger partial charge in [0.05, 0.1) is 8.07 Å². The van der Waals surface area contributed by atoms with E-state index in [-0.39, 0.29) is 0 Å². The molecule has 0 amide bonds. The van der Waals surface area contributed by atoms with Crippen molar-refractivity contribution < 1.29 is 0 Å². The molecule has 0 saturated heterocycles. The Morgan fingerprint density at radius 2 is 0.875 bits per heavy atom. The summed E-state index contributed by atoms with van der Waals surface area (Å²) in [4.78, 5) is 0. The molecule has 0 aliphatic heterocycles. The van der Waals surface area contributed by atoms with Gasteiger partial charge in [-0.2, -0.15) is 0 Å². The van der Waals surface area contributed by atoms with Gasteiger partial charge in [-0.25, -0.2) is 0 Å². The highest BCUT2D eigenvalue weighted by atomic mass is 28.3. The van der Waals surface area contributed by atoms with Crippen molar-refractivity contribution in [1.82, 2.24) is 0 Å². The summed E-state index contributed by atoms with van der Waals surface area (Å²) in [7, 11) is -1.31. The summed E-state index contributed by atoms with van der Waals surface area (Å²) in [5.74, 6) is 0. The van der Waals surface area contributed by atoms with Gasteiger partial charge in [0.25, 0.3) is 0 Å². The molecular weight excluding hydrogens is 208 g/mol. The summed E-state index contributed by atoms with van der Waals surface area (Å²) in [5, 5.41) is 0.470. The monoisotopic (exact) mass is 242 g/mol. The van der Waals surface area contributed by atoms with Crippen LogP contribution in [-0.2, 0) is 0 Å². The minimum absolute atomic E-state index is 0.404. The highest BCUT2D eigenvalue weighted by molar-refractivity contribution is 6.81. The van der Waals surface area contributed by atoms with Gasteiger partial charge in [0.2, 0.25) is 0 Å². The van der Waals surface area contributed by atoms with Crippen LogP contribution in [0.2, 0.25) is 23.7 Å². The fraction of sp³-hybridized carbons (Fsp3) is 1.00. The maximum absolute atomic E-state index is 2.58. The van der Waals surface area contributed by atoms with Crippen LogP contribution < -0.4 is 0 Å². The van der Waals surface area contributed by atoms with E-state index in [0.717, 1.165) is 5.54 Å². The molecule has 0 aliphatic rings. The van der Waals surface area contributed by atoms with E-state index in [4.69, 9.17) is 0 Å². The van der Waals surface area contributed by atoms with Crippen LogP contribution >= 0.6 is 0 Å². The molecule has 0 aromatic carbocycles. The Bertz CT molecular complexity index is 216. The lowest BCUT2D eigenvalue weighted by molar-refractivity contribution is 0.220. The van der Waals surface area contributed by atoms with Gasteiger partial charge in [0, 0.05) is 0 Å². The van der Waals surface area contributed by atoms with Crippen molar-refractivity contribution in [3.8, 4) is 0 Å². The summed E-state index contributed by atoms with van der Waals surface area (Å²) < 4.78 is 0. The number of rotatable bonds is 1. The molecule has 1 heteroatoms. The molecule has 0 saturated carbocycles. The van der Waals surface area contributed by atoms with Gasteiger partial charge in [-0.1, -0.05) is 75.4 Å². The lowest BCUT2D eigenvalue weighted by atomic mass is 9.76. The molecule has 0 rings (SSSR count).